The molecule has 1 aliphatic rings. The van der Waals surface area contributed by atoms with Crippen molar-refractivity contribution in [3.63, 3.8) is 0 Å². The Balaban J connectivity index is 1.40. The van der Waals surface area contributed by atoms with Gasteiger partial charge in [0, 0.05) is 6.61 Å². The quantitative estimate of drug-likeness (QED) is 0.511. The van der Waals surface area contributed by atoms with Crippen molar-refractivity contribution in [1.82, 2.24) is 0 Å². The van der Waals surface area contributed by atoms with Crippen LogP contribution in [0.2, 0.25) is 0 Å². The molecule has 0 unspecified atom stereocenters. The first-order chi connectivity index (χ1) is 12.3. The molecule has 0 aromatic heterocycles. The van der Waals surface area contributed by atoms with Crippen molar-refractivity contribution < 1.29 is 4.74 Å². The normalized spacial score (nSPS) is 14.7. The van der Waals surface area contributed by atoms with Crippen LogP contribution in [0.3, 0.4) is 0 Å². The van der Waals surface area contributed by atoms with E-state index in [-0.39, 0.29) is 0 Å². The Kier molecular flexibility index (Phi) is 6.47. The Labute approximate surface area is 152 Å². The molecule has 0 spiro atoms. The summed E-state index contributed by atoms with van der Waals surface area (Å²) in [4.78, 5) is 0. The highest BCUT2D eigenvalue weighted by atomic mass is 16.5. The molecule has 0 saturated heterocycles. The third kappa shape index (κ3) is 5.31. The van der Waals surface area contributed by atoms with Gasteiger partial charge in [0.05, 0.1) is 6.61 Å². The van der Waals surface area contributed by atoms with E-state index in [0.29, 0.717) is 0 Å². The molecule has 132 valence electrons. The van der Waals surface area contributed by atoms with Crippen molar-refractivity contribution in [1.29, 1.82) is 0 Å². The van der Waals surface area contributed by atoms with Crippen LogP contribution in [0.4, 0.5) is 0 Å². The van der Waals surface area contributed by atoms with E-state index in [1.165, 1.54) is 35.1 Å². The predicted octanol–water partition coefficient (Wildman–Crippen LogP) is 6.00. The standard InChI is InChI=1S/C24H30O/c1-3-23(22-12-13-22)24-14-11-21(18-19(24)2)10-7-16-25-17-15-20-8-5-4-6-9-20/h3-6,8-9,11,14,18,22H,7,10,12-13,15-17H2,1-2H3/b23-3-. The maximum Gasteiger partial charge on any atom is 0.0506 e. The van der Waals surface area contributed by atoms with E-state index in [4.69, 9.17) is 4.74 Å². The molecule has 2 aromatic rings. The third-order valence-electron chi connectivity index (χ3n) is 5.06. The van der Waals surface area contributed by atoms with Crippen LogP contribution in [0.15, 0.2) is 54.6 Å². The van der Waals surface area contributed by atoms with E-state index < -0.39 is 0 Å². The number of ether oxygens (including phenoxy) is 1. The fourth-order valence-electron chi connectivity index (χ4n) is 3.53. The van der Waals surface area contributed by atoms with Gasteiger partial charge in [-0.25, -0.2) is 0 Å². The minimum atomic E-state index is 0.813. The van der Waals surface area contributed by atoms with E-state index >= 15 is 0 Å². The second-order valence-corrected chi connectivity index (χ2v) is 7.12. The van der Waals surface area contributed by atoms with Gasteiger partial charge in [0.2, 0.25) is 0 Å². The smallest absolute Gasteiger partial charge is 0.0506 e. The molecule has 0 atom stereocenters. The summed E-state index contributed by atoms with van der Waals surface area (Å²) < 4.78 is 5.80. The molecule has 1 fully saturated rings. The largest absolute Gasteiger partial charge is 0.381 e. The number of aryl methyl sites for hydroxylation is 2. The van der Waals surface area contributed by atoms with E-state index in [2.05, 4.69) is 68.5 Å². The molecular weight excluding hydrogens is 304 g/mol. The first-order valence-electron chi connectivity index (χ1n) is 9.65. The molecule has 0 heterocycles. The average molecular weight is 335 g/mol. The van der Waals surface area contributed by atoms with Crippen LogP contribution in [-0.2, 0) is 17.6 Å². The van der Waals surface area contributed by atoms with E-state index in [1.807, 2.05) is 0 Å². The van der Waals surface area contributed by atoms with Gasteiger partial charge >= 0.3 is 0 Å². The predicted molar refractivity (Wildman–Crippen MR) is 107 cm³/mol. The van der Waals surface area contributed by atoms with Crippen molar-refractivity contribution in [2.75, 3.05) is 13.2 Å². The number of allylic oxidation sites excluding steroid dienone is 2. The Hall–Kier alpha value is -1.86. The second kappa shape index (κ2) is 9.01. The molecule has 1 nitrogen and oxygen atoms in total. The zero-order valence-corrected chi connectivity index (χ0v) is 15.6. The van der Waals surface area contributed by atoms with Gasteiger partial charge in [-0.1, -0.05) is 54.6 Å². The molecule has 1 saturated carbocycles. The summed E-state index contributed by atoms with van der Waals surface area (Å²) in [6.07, 6.45) is 8.22. The van der Waals surface area contributed by atoms with Crippen LogP contribution in [0.5, 0.6) is 0 Å². The molecule has 2 aromatic carbocycles. The van der Waals surface area contributed by atoms with Gasteiger partial charge in [-0.2, -0.15) is 0 Å². The minimum Gasteiger partial charge on any atom is -0.381 e. The van der Waals surface area contributed by atoms with Crippen LogP contribution in [0, 0.1) is 12.8 Å². The molecule has 1 aliphatic carbocycles. The lowest BCUT2D eigenvalue weighted by Crippen LogP contribution is -2.02. The molecule has 25 heavy (non-hydrogen) atoms. The highest BCUT2D eigenvalue weighted by Crippen LogP contribution is 2.42. The maximum atomic E-state index is 5.80. The highest BCUT2D eigenvalue weighted by Gasteiger charge is 2.26. The van der Waals surface area contributed by atoms with Crippen molar-refractivity contribution in [2.45, 2.75) is 46.0 Å². The van der Waals surface area contributed by atoms with Gasteiger partial charge in [0.1, 0.15) is 0 Å². The highest BCUT2D eigenvalue weighted by molar-refractivity contribution is 5.71. The van der Waals surface area contributed by atoms with Gasteiger partial charge in [0.15, 0.2) is 0 Å². The summed E-state index contributed by atoms with van der Waals surface area (Å²) >= 11 is 0. The zero-order chi connectivity index (χ0) is 17.5. The summed E-state index contributed by atoms with van der Waals surface area (Å²) in [6.45, 7) is 6.08. The minimum absolute atomic E-state index is 0.813. The molecule has 0 radical (unpaired) electrons. The zero-order valence-electron chi connectivity index (χ0n) is 15.6. The Bertz CT molecular complexity index is 695. The van der Waals surface area contributed by atoms with Crippen molar-refractivity contribution >= 4 is 5.57 Å². The Morgan fingerprint density at radius 3 is 2.48 bits per heavy atom. The maximum absolute atomic E-state index is 5.80. The lowest BCUT2D eigenvalue weighted by Gasteiger charge is -2.12. The van der Waals surface area contributed by atoms with Gasteiger partial charge in [-0.3, -0.25) is 0 Å². The third-order valence-corrected chi connectivity index (χ3v) is 5.06. The van der Waals surface area contributed by atoms with Crippen LogP contribution >= 0.6 is 0 Å². The number of hydrogen-bond acceptors (Lipinski definition) is 1. The number of hydrogen-bond donors (Lipinski definition) is 0. The molecule has 1 heteroatoms. The molecular formula is C24H30O. The summed E-state index contributed by atoms with van der Waals surface area (Å²) in [5.74, 6) is 0.813. The summed E-state index contributed by atoms with van der Waals surface area (Å²) in [6, 6.07) is 17.6. The van der Waals surface area contributed by atoms with Gasteiger partial charge in [-0.15, -0.1) is 0 Å². The summed E-state index contributed by atoms with van der Waals surface area (Å²) in [5.41, 5.74) is 7.20. The Morgan fingerprint density at radius 2 is 1.80 bits per heavy atom. The van der Waals surface area contributed by atoms with Crippen molar-refractivity contribution in [3.05, 3.63) is 76.9 Å². The first-order valence-corrected chi connectivity index (χ1v) is 9.65. The van der Waals surface area contributed by atoms with Gasteiger partial charge < -0.3 is 4.74 Å². The lowest BCUT2D eigenvalue weighted by molar-refractivity contribution is 0.135. The molecule has 3 rings (SSSR count). The molecule has 0 bridgehead atoms. The topological polar surface area (TPSA) is 9.23 Å². The van der Waals surface area contributed by atoms with E-state index in [0.717, 1.165) is 38.4 Å². The first kappa shape index (κ1) is 17.9. The van der Waals surface area contributed by atoms with Crippen LogP contribution in [0.1, 0.15) is 48.4 Å². The van der Waals surface area contributed by atoms with Crippen LogP contribution < -0.4 is 0 Å². The summed E-state index contributed by atoms with van der Waals surface area (Å²) in [7, 11) is 0. The fourth-order valence-corrected chi connectivity index (χ4v) is 3.53. The van der Waals surface area contributed by atoms with Crippen molar-refractivity contribution in [2.24, 2.45) is 5.92 Å². The monoisotopic (exact) mass is 334 g/mol. The number of benzene rings is 2. The van der Waals surface area contributed by atoms with Gasteiger partial charge in [0.25, 0.3) is 0 Å². The van der Waals surface area contributed by atoms with Crippen LogP contribution in [0.25, 0.3) is 5.57 Å². The summed E-state index contributed by atoms with van der Waals surface area (Å²) in [5, 5.41) is 0. The molecule has 0 amide bonds. The molecule has 0 N–H and O–H groups in total. The van der Waals surface area contributed by atoms with Gasteiger partial charge in [-0.05, 0) is 79.7 Å². The molecule has 0 aliphatic heterocycles. The Morgan fingerprint density at radius 1 is 1.00 bits per heavy atom. The average Bonchev–Trinajstić information content (AvgIpc) is 3.46. The number of rotatable bonds is 9. The fraction of sp³-hybridized carbons (Fsp3) is 0.417. The van der Waals surface area contributed by atoms with Crippen LogP contribution in [-0.4, -0.2) is 13.2 Å². The van der Waals surface area contributed by atoms with E-state index in [1.54, 1.807) is 5.57 Å². The van der Waals surface area contributed by atoms with Crippen molar-refractivity contribution in [3.8, 4) is 0 Å². The lowest BCUT2D eigenvalue weighted by atomic mass is 9.94. The second-order valence-electron chi connectivity index (χ2n) is 7.12. The SMILES string of the molecule is C/C=C(\c1ccc(CCCOCCc2ccccc2)cc1C)C1CC1. The van der Waals surface area contributed by atoms with E-state index in [9.17, 15) is 0 Å².